The lowest BCUT2D eigenvalue weighted by molar-refractivity contribution is 0.583. The van der Waals surface area contributed by atoms with E-state index in [-0.39, 0.29) is 5.41 Å². The van der Waals surface area contributed by atoms with Gasteiger partial charge in [0.1, 0.15) is 11.5 Å². The molecule has 0 unspecified atom stereocenters. The minimum atomic E-state index is -0.236. The zero-order valence-electron chi connectivity index (χ0n) is 41.7. The fourth-order valence-corrected chi connectivity index (χ4v) is 9.52. The maximum absolute atomic E-state index is 6.93. The number of oxazole rings is 1. The van der Waals surface area contributed by atoms with Crippen LogP contribution in [-0.2, 0) is 11.8 Å². The molecule has 5 aromatic carbocycles. The summed E-state index contributed by atoms with van der Waals surface area (Å²) in [7, 11) is 0. The van der Waals surface area contributed by atoms with Crippen LogP contribution < -0.4 is 4.90 Å². The summed E-state index contributed by atoms with van der Waals surface area (Å²) >= 11 is 0. The molecule has 0 bridgehead atoms. The highest BCUT2D eigenvalue weighted by Crippen LogP contribution is 2.53. The lowest BCUT2D eigenvalue weighted by Gasteiger charge is -2.42. The first-order chi connectivity index (χ1) is 34.5. The van der Waals surface area contributed by atoms with E-state index in [1.807, 2.05) is 77.1 Å². The van der Waals surface area contributed by atoms with Crippen LogP contribution in [0.1, 0.15) is 95.2 Å². The van der Waals surface area contributed by atoms with Crippen molar-refractivity contribution >= 4 is 45.7 Å². The van der Waals surface area contributed by atoms with Gasteiger partial charge in [0.25, 0.3) is 0 Å². The van der Waals surface area contributed by atoms with Crippen LogP contribution in [0.15, 0.2) is 200 Å². The summed E-state index contributed by atoms with van der Waals surface area (Å²) in [6.45, 7) is 20.7. The highest BCUT2D eigenvalue weighted by Gasteiger charge is 2.37. The summed E-state index contributed by atoms with van der Waals surface area (Å²) in [6.07, 6.45) is 25.4. The van der Waals surface area contributed by atoms with Crippen molar-refractivity contribution in [1.29, 1.82) is 0 Å². The lowest BCUT2D eigenvalue weighted by Crippen LogP contribution is -2.30. The first-order valence-corrected chi connectivity index (χ1v) is 24.7. The van der Waals surface area contributed by atoms with Gasteiger partial charge in [-0.15, -0.1) is 13.2 Å². The predicted molar refractivity (Wildman–Crippen MR) is 298 cm³/mol. The van der Waals surface area contributed by atoms with Crippen molar-refractivity contribution in [2.75, 3.05) is 4.90 Å². The number of hydrogen-bond donors (Lipinski definition) is 0. The Balaban J connectivity index is 0.00000106. The van der Waals surface area contributed by atoms with E-state index in [1.54, 1.807) is 0 Å². The van der Waals surface area contributed by atoms with Crippen molar-refractivity contribution in [2.24, 2.45) is 0 Å². The van der Waals surface area contributed by atoms with Crippen LogP contribution in [0.5, 0.6) is 0 Å². The van der Waals surface area contributed by atoms with E-state index in [1.165, 1.54) is 22.5 Å². The molecule has 1 aliphatic heterocycles. The summed E-state index contributed by atoms with van der Waals surface area (Å²) in [5, 5.41) is 1.10. The van der Waals surface area contributed by atoms with Crippen molar-refractivity contribution in [2.45, 2.75) is 73.1 Å². The summed E-state index contributed by atoms with van der Waals surface area (Å²) < 4.78 is 9.20. The van der Waals surface area contributed by atoms with Crippen molar-refractivity contribution < 1.29 is 4.42 Å². The maximum atomic E-state index is 6.93. The largest absolute Gasteiger partial charge is 0.434 e. The first-order valence-electron chi connectivity index (χ1n) is 24.7. The van der Waals surface area contributed by atoms with Gasteiger partial charge in [-0.25, -0.2) is 15.0 Å². The minimum absolute atomic E-state index is 0.236. The van der Waals surface area contributed by atoms with Crippen molar-refractivity contribution in [3.63, 3.8) is 0 Å². The topological polar surface area (TPSA) is 60.0 Å². The molecule has 0 spiro atoms. The fraction of sp³-hybridized carbons (Fsp3) is 0.172. The number of aromatic nitrogens is 4. The zero-order chi connectivity index (χ0) is 49.2. The summed E-state index contributed by atoms with van der Waals surface area (Å²) in [6, 6.07) is 45.7. The Morgan fingerprint density at radius 3 is 2.17 bits per heavy atom. The monoisotopic (exact) mass is 918 g/mol. The van der Waals surface area contributed by atoms with E-state index in [9.17, 15) is 0 Å². The van der Waals surface area contributed by atoms with Crippen LogP contribution in [0.3, 0.4) is 0 Å². The number of anilines is 3. The van der Waals surface area contributed by atoms with Gasteiger partial charge in [0, 0.05) is 33.7 Å². The van der Waals surface area contributed by atoms with E-state index < -0.39 is 0 Å². The Bertz CT molecular complexity index is 3300. The van der Waals surface area contributed by atoms with Gasteiger partial charge in [-0.3, -0.25) is 4.57 Å². The first kappa shape index (κ1) is 48.4. The number of nitrogens with zero attached hydrogens (tertiary/aromatic N) is 5. The second-order valence-corrected chi connectivity index (χ2v) is 17.0. The molecule has 0 amide bonds. The molecule has 6 heteroatoms. The van der Waals surface area contributed by atoms with Gasteiger partial charge in [0.15, 0.2) is 11.6 Å². The highest BCUT2D eigenvalue weighted by molar-refractivity contribution is 6.01. The Kier molecular flexibility index (Phi) is 15.1. The molecule has 8 aromatic rings. The SMILES string of the molecule is C/C=C\C=C\c1nc(C2=CC=CC=CC2)cc(-n2c3c(c4cc(-c5ccc6c(c5)C(C)(C)c5ccccc5N6c5ccccc5)ccc42)/C=C\CCc2nc(-c4ccccc4)oc2-3)n1.C=C.CC.CC. The van der Waals surface area contributed by atoms with Gasteiger partial charge in [0.2, 0.25) is 5.89 Å². The van der Waals surface area contributed by atoms with E-state index in [4.69, 9.17) is 19.4 Å². The fourth-order valence-electron chi connectivity index (χ4n) is 9.52. The molecular weight excluding hydrogens is 855 g/mol. The Labute approximate surface area is 414 Å². The molecule has 0 saturated carbocycles. The smallest absolute Gasteiger partial charge is 0.227 e. The Hall–Kier alpha value is -8.09. The molecule has 0 fully saturated rings. The molecule has 3 aromatic heterocycles. The van der Waals surface area contributed by atoms with Crippen molar-refractivity contribution in [1.82, 2.24) is 19.5 Å². The Morgan fingerprint density at radius 1 is 0.671 bits per heavy atom. The molecule has 11 rings (SSSR count). The van der Waals surface area contributed by atoms with E-state index in [2.05, 4.69) is 188 Å². The van der Waals surface area contributed by atoms with Crippen molar-refractivity contribution in [3.05, 3.63) is 229 Å². The third-order valence-corrected chi connectivity index (χ3v) is 12.7. The quantitative estimate of drug-likeness (QED) is 0.118. The molecule has 0 saturated heterocycles. The summed E-state index contributed by atoms with van der Waals surface area (Å²) in [5.41, 5.74) is 15.1. The number of aryl methyl sites for hydroxylation is 1. The summed E-state index contributed by atoms with van der Waals surface area (Å²) in [5.74, 6) is 2.76. The van der Waals surface area contributed by atoms with Gasteiger partial charge in [0.05, 0.1) is 28.3 Å². The lowest BCUT2D eigenvalue weighted by atomic mass is 9.73. The second-order valence-electron chi connectivity index (χ2n) is 17.0. The molecule has 350 valence electrons. The molecule has 70 heavy (non-hydrogen) atoms. The van der Waals surface area contributed by atoms with Gasteiger partial charge >= 0.3 is 0 Å². The van der Waals surface area contributed by atoms with Gasteiger partial charge in [-0.05, 0) is 115 Å². The van der Waals surface area contributed by atoms with Crippen molar-refractivity contribution in [3.8, 4) is 39.9 Å². The second kappa shape index (κ2) is 21.9. The van der Waals surface area contributed by atoms with Gasteiger partial charge in [-0.2, -0.15) is 0 Å². The molecule has 6 nitrogen and oxygen atoms in total. The number of benzene rings is 5. The number of hydrogen-bond acceptors (Lipinski definition) is 5. The molecule has 2 aliphatic carbocycles. The molecule has 0 atom stereocenters. The predicted octanol–water partition coefficient (Wildman–Crippen LogP) is 17.8. The number of allylic oxidation sites excluding steroid dienone is 10. The van der Waals surface area contributed by atoms with Crippen LogP contribution in [-0.4, -0.2) is 19.5 Å². The molecule has 0 N–H and O–H groups in total. The van der Waals surface area contributed by atoms with Crippen LogP contribution in [0.2, 0.25) is 0 Å². The third kappa shape index (κ3) is 9.25. The minimum Gasteiger partial charge on any atom is -0.434 e. The number of rotatable bonds is 7. The standard InChI is InChI=1S/C58H47N5O.2C2H6.C2H4/c1-4-5-10-31-53-59-49(39-21-11-6-7-12-22-39)38-54(61-53)63-50-34-32-41(36-45(50)44-27-17-19-29-48-56(55(44)63)64-57(60-48)40-23-13-8-14-24-40)42-33-35-52-47(37-42)58(2,3)46-28-18-20-30-51(46)62(52)43-25-15-9-16-26-43;3*1-2/h4-18,20-21,23-28,30-38H,19,22,29H2,1-3H3;2*1-2H3;1-2H2/b5-4-,27-17-,31-10+;;;. The van der Waals surface area contributed by atoms with E-state index >= 15 is 0 Å². The average Bonchev–Trinajstić information content (AvgIpc) is 3.83. The third-order valence-electron chi connectivity index (χ3n) is 12.7. The van der Waals surface area contributed by atoms with Crippen LogP contribution in [0.25, 0.3) is 68.5 Å². The Morgan fingerprint density at radius 2 is 1.39 bits per heavy atom. The molecule has 3 aliphatic rings. The number of para-hydroxylation sites is 2. The average molecular weight is 918 g/mol. The van der Waals surface area contributed by atoms with Crippen LogP contribution in [0.4, 0.5) is 17.1 Å². The molecule has 0 radical (unpaired) electrons. The van der Waals surface area contributed by atoms with Crippen LogP contribution in [0, 0.1) is 0 Å². The highest BCUT2D eigenvalue weighted by atomic mass is 16.4. The maximum Gasteiger partial charge on any atom is 0.227 e. The number of fused-ring (bicyclic) bond motifs is 7. The summed E-state index contributed by atoms with van der Waals surface area (Å²) in [4.78, 5) is 18.0. The van der Waals surface area contributed by atoms with Crippen LogP contribution >= 0.6 is 0 Å². The molecule has 4 heterocycles. The van der Waals surface area contributed by atoms with Gasteiger partial charge < -0.3 is 9.32 Å². The molecular formula is C64H63N5O. The van der Waals surface area contributed by atoms with E-state index in [0.29, 0.717) is 11.7 Å². The zero-order valence-corrected chi connectivity index (χ0v) is 41.7. The normalized spacial score (nSPS) is 14.5. The van der Waals surface area contributed by atoms with Gasteiger partial charge in [-0.1, -0.05) is 169 Å². The van der Waals surface area contributed by atoms with E-state index in [0.717, 1.165) is 92.3 Å².